The predicted molar refractivity (Wildman–Crippen MR) is 81.9 cm³/mol. The molecule has 0 radical (unpaired) electrons. The fourth-order valence-corrected chi connectivity index (χ4v) is 3.44. The fourth-order valence-electron chi connectivity index (χ4n) is 1.44. The number of carboxylic acids is 1. The molecule has 0 aliphatic heterocycles. The van der Waals surface area contributed by atoms with Crippen LogP contribution in [0.5, 0.6) is 0 Å². The lowest BCUT2D eigenvalue weighted by molar-refractivity contribution is 0.0696. The second-order valence-corrected chi connectivity index (χ2v) is 6.63. The molecule has 0 aliphatic rings. The van der Waals surface area contributed by atoms with Crippen molar-refractivity contribution in [3.8, 4) is 0 Å². The van der Waals surface area contributed by atoms with Crippen molar-refractivity contribution in [1.82, 2.24) is 4.72 Å². The third-order valence-electron chi connectivity index (χ3n) is 2.47. The van der Waals surface area contributed by atoms with Crippen LogP contribution in [0.2, 0.25) is 0 Å². The summed E-state index contributed by atoms with van der Waals surface area (Å²) >= 11 is 3.10. The molecule has 116 valence electrons. The maximum Gasteiger partial charge on any atom is 0.335 e. The first kappa shape index (κ1) is 17.8. The van der Waals surface area contributed by atoms with E-state index in [1.807, 2.05) is 0 Å². The van der Waals surface area contributed by atoms with Gasteiger partial charge in [0, 0.05) is 11.0 Å². The zero-order valence-electron chi connectivity index (χ0n) is 11.2. The van der Waals surface area contributed by atoms with E-state index in [1.165, 1.54) is 12.1 Å². The Morgan fingerprint density at radius 1 is 1.43 bits per heavy atom. The summed E-state index contributed by atoms with van der Waals surface area (Å²) in [5, 5.41) is 8.90. The average molecular weight is 378 g/mol. The predicted octanol–water partition coefficient (Wildman–Crippen LogP) is 2.02. The van der Waals surface area contributed by atoms with Crippen molar-refractivity contribution in [1.29, 1.82) is 0 Å². The summed E-state index contributed by atoms with van der Waals surface area (Å²) in [6.07, 6.45) is 2.40. The van der Waals surface area contributed by atoms with Gasteiger partial charge < -0.3 is 9.84 Å². The normalized spacial score (nSPS) is 11.3. The minimum atomic E-state index is -3.80. The van der Waals surface area contributed by atoms with Gasteiger partial charge in [0.05, 0.1) is 23.7 Å². The topological polar surface area (TPSA) is 92.7 Å². The highest BCUT2D eigenvalue weighted by atomic mass is 79.9. The van der Waals surface area contributed by atoms with Crippen LogP contribution in [0.3, 0.4) is 0 Å². The molecule has 2 N–H and O–H groups in total. The summed E-state index contributed by atoms with van der Waals surface area (Å²) in [4.78, 5) is 10.8. The number of rotatable bonds is 9. The van der Waals surface area contributed by atoms with Crippen molar-refractivity contribution in [2.45, 2.75) is 11.3 Å². The van der Waals surface area contributed by atoms with Crippen LogP contribution >= 0.6 is 15.9 Å². The Labute approximate surface area is 132 Å². The van der Waals surface area contributed by atoms with E-state index in [-0.39, 0.29) is 23.6 Å². The van der Waals surface area contributed by atoms with Gasteiger partial charge in [-0.2, -0.15) is 0 Å². The van der Waals surface area contributed by atoms with E-state index in [0.29, 0.717) is 17.5 Å². The minimum absolute atomic E-state index is 0.0965. The molecule has 0 atom stereocenters. The number of halogens is 1. The lowest BCUT2D eigenvalue weighted by atomic mass is 10.2. The van der Waals surface area contributed by atoms with E-state index in [2.05, 4.69) is 27.2 Å². The van der Waals surface area contributed by atoms with Gasteiger partial charge in [0.1, 0.15) is 0 Å². The molecule has 21 heavy (non-hydrogen) atoms. The average Bonchev–Trinajstić information content (AvgIpc) is 2.42. The number of hydrogen-bond acceptors (Lipinski definition) is 4. The van der Waals surface area contributed by atoms with Gasteiger partial charge >= 0.3 is 5.97 Å². The Hall–Kier alpha value is -1.22. The Morgan fingerprint density at radius 2 is 2.14 bits per heavy atom. The Kier molecular flexibility index (Phi) is 7.03. The van der Waals surface area contributed by atoms with E-state index in [9.17, 15) is 13.2 Å². The molecule has 0 aromatic heterocycles. The van der Waals surface area contributed by atoms with Crippen LogP contribution in [-0.4, -0.2) is 39.3 Å². The number of nitrogens with one attached hydrogen (secondary N) is 1. The molecule has 0 amide bonds. The Balaban J connectivity index is 2.72. The summed E-state index contributed by atoms with van der Waals surface area (Å²) in [6.45, 7) is 4.35. The molecule has 0 spiro atoms. The highest BCUT2D eigenvalue weighted by Crippen LogP contribution is 2.23. The number of carboxylic acid groups (broad SMARTS) is 1. The first-order valence-electron chi connectivity index (χ1n) is 6.09. The van der Waals surface area contributed by atoms with Gasteiger partial charge in [0.15, 0.2) is 0 Å². The van der Waals surface area contributed by atoms with Crippen molar-refractivity contribution >= 4 is 31.9 Å². The number of sulfonamides is 1. The van der Waals surface area contributed by atoms with Crippen LogP contribution in [-0.2, 0) is 14.8 Å². The molecule has 0 fully saturated rings. The van der Waals surface area contributed by atoms with E-state index in [0.717, 1.165) is 6.07 Å². The third kappa shape index (κ3) is 5.58. The standard InChI is InChI=1S/C13H16BrNO5S/c1-2-3-7-20-8-6-15-21(18,19)12-9-10(13(16)17)4-5-11(12)14/h2,4-5,9,15H,1,3,6-8H2,(H,16,17). The molecule has 0 saturated carbocycles. The number of hydrogen-bond donors (Lipinski definition) is 2. The molecule has 0 bridgehead atoms. The molecule has 0 aliphatic carbocycles. The summed E-state index contributed by atoms with van der Waals surface area (Å²) in [6, 6.07) is 3.82. The Bertz CT molecular complexity index is 615. The van der Waals surface area contributed by atoms with E-state index >= 15 is 0 Å². The summed E-state index contributed by atoms with van der Waals surface area (Å²) < 4.78 is 32.1. The van der Waals surface area contributed by atoms with E-state index < -0.39 is 16.0 Å². The smallest absolute Gasteiger partial charge is 0.335 e. The number of ether oxygens (including phenoxy) is 1. The lowest BCUT2D eigenvalue weighted by Gasteiger charge is -2.09. The van der Waals surface area contributed by atoms with Crippen molar-refractivity contribution in [3.63, 3.8) is 0 Å². The highest BCUT2D eigenvalue weighted by molar-refractivity contribution is 9.10. The first-order valence-corrected chi connectivity index (χ1v) is 8.37. The number of benzene rings is 1. The van der Waals surface area contributed by atoms with Crippen molar-refractivity contribution in [3.05, 3.63) is 40.9 Å². The molecule has 8 heteroatoms. The summed E-state index contributed by atoms with van der Waals surface area (Å²) in [7, 11) is -3.80. The van der Waals surface area contributed by atoms with Gasteiger partial charge in [0.2, 0.25) is 10.0 Å². The van der Waals surface area contributed by atoms with Gasteiger partial charge in [-0.15, -0.1) is 6.58 Å². The lowest BCUT2D eigenvalue weighted by Crippen LogP contribution is -2.28. The molecule has 0 saturated heterocycles. The fraction of sp³-hybridized carbons (Fsp3) is 0.308. The Morgan fingerprint density at radius 3 is 2.76 bits per heavy atom. The largest absolute Gasteiger partial charge is 0.478 e. The molecular formula is C13H16BrNO5S. The molecular weight excluding hydrogens is 362 g/mol. The van der Waals surface area contributed by atoms with Crippen LogP contribution in [0.25, 0.3) is 0 Å². The van der Waals surface area contributed by atoms with Crippen molar-refractivity contribution < 1.29 is 23.1 Å². The molecule has 1 aromatic carbocycles. The SMILES string of the molecule is C=CCCOCCNS(=O)(=O)c1cc(C(=O)O)ccc1Br. The quantitative estimate of drug-likeness (QED) is 0.507. The molecule has 0 unspecified atom stereocenters. The second kappa shape index (κ2) is 8.28. The molecule has 6 nitrogen and oxygen atoms in total. The number of carbonyl (C=O) groups is 1. The highest BCUT2D eigenvalue weighted by Gasteiger charge is 2.19. The second-order valence-electron chi connectivity index (χ2n) is 4.04. The molecule has 1 rings (SSSR count). The maximum atomic E-state index is 12.1. The maximum absolute atomic E-state index is 12.1. The van der Waals surface area contributed by atoms with E-state index in [1.54, 1.807) is 6.08 Å². The van der Waals surface area contributed by atoms with Crippen molar-refractivity contribution in [2.24, 2.45) is 0 Å². The van der Waals surface area contributed by atoms with Gasteiger partial charge in [-0.3, -0.25) is 0 Å². The van der Waals surface area contributed by atoms with Crippen LogP contribution in [0.1, 0.15) is 16.8 Å². The molecule has 1 aromatic rings. The molecule has 0 heterocycles. The van der Waals surface area contributed by atoms with Gasteiger partial charge in [-0.05, 0) is 40.5 Å². The summed E-state index contributed by atoms with van der Waals surface area (Å²) in [5.41, 5.74) is -0.0965. The zero-order chi connectivity index (χ0) is 15.9. The van der Waals surface area contributed by atoms with Crippen LogP contribution in [0, 0.1) is 0 Å². The number of aromatic carboxylic acids is 1. The zero-order valence-corrected chi connectivity index (χ0v) is 13.6. The van der Waals surface area contributed by atoms with Crippen LogP contribution in [0.4, 0.5) is 0 Å². The van der Waals surface area contributed by atoms with Crippen LogP contribution in [0.15, 0.2) is 40.2 Å². The third-order valence-corrected chi connectivity index (χ3v) is 4.93. The summed E-state index contributed by atoms with van der Waals surface area (Å²) in [5.74, 6) is -1.19. The van der Waals surface area contributed by atoms with Gasteiger partial charge in [0.25, 0.3) is 0 Å². The van der Waals surface area contributed by atoms with Gasteiger partial charge in [-0.25, -0.2) is 17.9 Å². The van der Waals surface area contributed by atoms with E-state index in [4.69, 9.17) is 9.84 Å². The van der Waals surface area contributed by atoms with Crippen LogP contribution < -0.4 is 4.72 Å². The minimum Gasteiger partial charge on any atom is -0.478 e. The van der Waals surface area contributed by atoms with Gasteiger partial charge in [-0.1, -0.05) is 6.08 Å². The first-order chi connectivity index (χ1) is 9.88. The van der Waals surface area contributed by atoms with Crippen molar-refractivity contribution in [2.75, 3.05) is 19.8 Å². The monoisotopic (exact) mass is 377 g/mol.